The number of nitrogens with zero attached hydrogens (tertiary/aromatic N) is 2. The van der Waals surface area contributed by atoms with Crippen LogP contribution in [-0.4, -0.2) is 22.5 Å². The summed E-state index contributed by atoms with van der Waals surface area (Å²) in [7, 11) is 0. The van der Waals surface area contributed by atoms with E-state index in [2.05, 4.69) is 66.9 Å². The molecule has 1 amide bonds. The van der Waals surface area contributed by atoms with Crippen molar-refractivity contribution in [2.75, 3.05) is 12.0 Å². The lowest BCUT2D eigenvalue weighted by Crippen LogP contribution is -2.18. The Morgan fingerprint density at radius 3 is 2.59 bits per heavy atom. The van der Waals surface area contributed by atoms with Crippen LogP contribution in [0, 0.1) is 6.92 Å². The predicted octanol–water partition coefficient (Wildman–Crippen LogP) is 5.17. The molecule has 1 heterocycles. The van der Waals surface area contributed by atoms with E-state index in [1.165, 1.54) is 15.8 Å². The summed E-state index contributed by atoms with van der Waals surface area (Å²) < 4.78 is 3.36. The van der Waals surface area contributed by atoms with Gasteiger partial charge in [0.2, 0.25) is 0 Å². The molecule has 0 aliphatic rings. The molecule has 0 radical (unpaired) electrons. The van der Waals surface area contributed by atoms with Gasteiger partial charge in [-0.3, -0.25) is 4.79 Å². The molecule has 0 N–H and O–H groups in total. The Bertz CT molecular complexity index is 997. The lowest BCUT2D eigenvalue weighted by Gasteiger charge is -2.06. The average molecular weight is 399 g/mol. The van der Waals surface area contributed by atoms with Gasteiger partial charge < -0.3 is 4.57 Å². The second-order valence-electron chi connectivity index (χ2n) is 7.08. The largest absolute Gasteiger partial charge is 0.316 e. The van der Waals surface area contributed by atoms with E-state index in [1.54, 1.807) is 23.1 Å². The number of rotatable bonds is 6. The van der Waals surface area contributed by atoms with Gasteiger partial charge in [-0.25, -0.2) is 0 Å². The van der Waals surface area contributed by atoms with Crippen LogP contribution in [0.3, 0.4) is 0 Å². The van der Waals surface area contributed by atoms with Crippen LogP contribution in [0.25, 0.3) is 10.2 Å². The van der Waals surface area contributed by atoms with E-state index in [0.717, 1.165) is 28.2 Å². The average Bonchev–Trinajstić information content (AvgIpc) is 2.96. The standard InChI is InChI=1S/C22H26N2OS2/c1-15(2)18-8-6-17(7-9-18)14-21(25)23-22-24(11-12-26-4)19-10-5-16(3)13-20(19)27-22/h5-10,13,15H,11-12,14H2,1-4H3. The summed E-state index contributed by atoms with van der Waals surface area (Å²) in [5.41, 5.74) is 4.69. The van der Waals surface area contributed by atoms with E-state index in [-0.39, 0.29) is 5.91 Å². The van der Waals surface area contributed by atoms with Crippen molar-refractivity contribution in [2.45, 2.75) is 39.7 Å². The quantitative estimate of drug-likeness (QED) is 0.574. The third-order valence-electron chi connectivity index (χ3n) is 4.58. The molecule has 27 heavy (non-hydrogen) atoms. The number of hydrogen-bond acceptors (Lipinski definition) is 3. The molecule has 0 fully saturated rings. The topological polar surface area (TPSA) is 34.4 Å². The molecular formula is C22H26N2OS2. The fourth-order valence-corrected chi connectivity index (χ4v) is 4.54. The molecule has 0 aliphatic carbocycles. The van der Waals surface area contributed by atoms with Gasteiger partial charge in [-0.2, -0.15) is 16.8 Å². The number of carbonyl (C=O) groups excluding carboxylic acids is 1. The molecule has 0 unspecified atom stereocenters. The van der Waals surface area contributed by atoms with Crippen LogP contribution < -0.4 is 4.80 Å². The maximum absolute atomic E-state index is 12.6. The monoisotopic (exact) mass is 398 g/mol. The SMILES string of the molecule is CSCCn1c(=NC(=O)Cc2ccc(C(C)C)cc2)sc2cc(C)ccc21. The Balaban J connectivity index is 1.90. The zero-order valence-corrected chi connectivity index (χ0v) is 18.0. The normalized spacial score (nSPS) is 12.3. The van der Waals surface area contributed by atoms with E-state index in [9.17, 15) is 4.79 Å². The molecule has 142 valence electrons. The fraction of sp³-hybridized carbons (Fsp3) is 0.364. The van der Waals surface area contributed by atoms with Crippen LogP contribution in [0.1, 0.15) is 36.5 Å². The number of hydrogen-bond donors (Lipinski definition) is 0. The van der Waals surface area contributed by atoms with Crippen molar-refractivity contribution in [2.24, 2.45) is 4.99 Å². The number of fused-ring (bicyclic) bond motifs is 1. The molecule has 0 spiro atoms. The molecule has 1 aromatic heterocycles. The number of carbonyl (C=O) groups is 1. The van der Waals surface area contributed by atoms with Crippen molar-refractivity contribution in [1.29, 1.82) is 0 Å². The highest BCUT2D eigenvalue weighted by molar-refractivity contribution is 7.98. The second kappa shape index (κ2) is 8.89. The first-order valence-electron chi connectivity index (χ1n) is 9.23. The van der Waals surface area contributed by atoms with Crippen LogP contribution in [0.2, 0.25) is 0 Å². The van der Waals surface area contributed by atoms with Gasteiger partial charge in [0.05, 0.1) is 16.6 Å². The van der Waals surface area contributed by atoms with E-state index in [4.69, 9.17) is 0 Å². The Labute approximate surface area is 169 Å². The highest BCUT2D eigenvalue weighted by atomic mass is 32.2. The Morgan fingerprint density at radius 1 is 1.19 bits per heavy atom. The van der Waals surface area contributed by atoms with Crippen molar-refractivity contribution >= 4 is 39.2 Å². The number of thiazole rings is 1. The van der Waals surface area contributed by atoms with Crippen molar-refractivity contribution in [3.05, 3.63) is 64.0 Å². The molecule has 0 aliphatic heterocycles. The van der Waals surface area contributed by atoms with Gasteiger partial charge in [-0.15, -0.1) is 0 Å². The number of benzene rings is 2. The third kappa shape index (κ3) is 4.90. The van der Waals surface area contributed by atoms with Gasteiger partial charge in [-0.05, 0) is 47.9 Å². The highest BCUT2D eigenvalue weighted by Crippen LogP contribution is 2.19. The second-order valence-corrected chi connectivity index (χ2v) is 9.07. The summed E-state index contributed by atoms with van der Waals surface area (Å²) in [6, 6.07) is 14.7. The van der Waals surface area contributed by atoms with Crippen LogP contribution in [0.4, 0.5) is 0 Å². The lowest BCUT2D eigenvalue weighted by atomic mass is 10.0. The summed E-state index contributed by atoms with van der Waals surface area (Å²) in [5.74, 6) is 1.41. The summed E-state index contributed by atoms with van der Waals surface area (Å²) in [4.78, 5) is 17.9. The summed E-state index contributed by atoms with van der Waals surface area (Å²) in [6.07, 6.45) is 2.44. The summed E-state index contributed by atoms with van der Waals surface area (Å²) >= 11 is 3.40. The highest BCUT2D eigenvalue weighted by Gasteiger charge is 2.09. The zero-order chi connectivity index (χ0) is 19.4. The van der Waals surface area contributed by atoms with Gasteiger partial charge in [0.25, 0.3) is 5.91 Å². The van der Waals surface area contributed by atoms with Crippen LogP contribution in [0.15, 0.2) is 47.5 Å². The number of aryl methyl sites for hydroxylation is 2. The van der Waals surface area contributed by atoms with Crippen molar-refractivity contribution < 1.29 is 4.79 Å². The van der Waals surface area contributed by atoms with E-state index >= 15 is 0 Å². The molecule has 0 saturated heterocycles. The molecule has 0 atom stereocenters. The van der Waals surface area contributed by atoms with Gasteiger partial charge in [0.15, 0.2) is 4.80 Å². The molecule has 0 bridgehead atoms. The van der Waals surface area contributed by atoms with Gasteiger partial charge in [-0.1, -0.05) is 55.5 Å². The van der Waals surface area contributed by atoms with Gasteiger partial charge in [0, 0.05) is 12.3 Å². The first-order valence-corrected chi connectivity index (χ1v) is 11.4. The van der Waals surface area contributed by atoms with Gasteiger partial charge in [0.1, 0.15) is 0 Å². The minimum absolute atomic E-state index is 0.0894. The van der Waals surface area contributed by atoms with Crippen molar-refractivity contribution in [1.82, 2.24) is 4.57 Å². The minimum Gasteiger partial charge on any atom is -0.316 e. The third-order valence-corrected chi connectivity index (χ3v) is 6.21. The van der Waals surface area contributed by atoms with Crippen molar-refractivity contribution in [3.8, 4) is 0 Å². The van der Waals surface area contributed by atoms with Crippen LogP contribution in [-0.2, 0) is 17.8 Å². The van der Waals surface area contributed by atoms with Crippen LogP contribution in [0.5, 0.6) is 0 Å². The van der Waals surface area contributed by atoms with Crippen molar-refractivity contribution in [3.63, 3.8) is 0 Å². The summed E-state index contributed by atoms with van der Waals surface area (Å²) in [6.45, 7) is 7.30. The van der Waals surface area contributed by atoms with E-state index in [1.807, 2.05) is 12.1 Å². The number of amides is 1. The first kappa shape index (κ1) is 19.9. The maximum atomic E-state index is 12.6. The van der Waals surface area contributed by atoms with Crippen LogP contribution >= 0.6 is 23.1 Å². The van der Waals surface area contributed by atoms with E-state index < -0.39 is 0 Å². The molecule has 5 heteroatoms. The lowest BCUT2D eigenvalue weighted by molar-refractivity contribution is -0.117. The zero-order valence-electron chi connectivity index (χ0n) is 16.4. The maximum Gasteiger partial charge on any atom is 0.252 e. The Morgan fingerprint density at radius 2 is 1.93 bits per heavy atom. The molecular weight excluding hydrogens is 372 g/mol. The molecule has 0 saturated carbocycles. The molecule has 3 rings (SSSR count). The molecule has 2 aromatic carbocycles. The number of aromatic nitrogens is 1. The van der Waals surface area contributed by atoms with Gasteiger partial charge >= 0.3 is 0 Å². The summed E-state index contributed by atoms with van der Waals surface area (Å²) in [5, 5.41) is 0. The fourth-order valence-electron chi connectivity index (χ4n) is 3.01. The molecule has 3 aromatic rings. The first-order chi connectivity index (χ1) is 13.0. The molecule has 3 nitrogen and oxygen atoms in total. The Hall–Kier alpha value is -1.85. The Kier molecular flexibility index (Phi) is 6.55. The number of thioether (sulfide) groups is 1. The predicted molar refractivity (Wildman–Crippen MR) is 118 cm³/mol. The minimum atomic E-state index is -0.0894. The smallest absolute Gasteiger partial charge is 0.252 e. The van der Waals surface area contributed by atoms with E-state index in [0.29, 0.717) is 12.3 Å².